The predicted molar refractivity (Wildman–Crippen MR) is 52.7 cm³/mol. The van der Waals surface area contributed by atoms with E-state index >= 15 is 0 Å². The van der Waals surface area contributed by atoms with Gasteiger partial charge in [0.05, 0.1) is 0 Å². The molecule has 0 saturated heterocycles. The van der Waals surface area contributed by atoms with Crippen LogP contribution in [-0.2, 0) is 5.41 Å². The predicted octanol–water partition coefficient (Wildman–Crippen LogP) is 3.65. The maximum atomic E-state index is 5.71. The van der Waals surface area contributed by atoms with Crippen LogP contribution in [0.25, 0.3) is 0 Å². The molecular formula is C9H13ClS. The van der Waals surface area contributed by atoms with Crippen LogP contribution in [0.3, 0.4) is 0 Å². The molecule has 0 aliphatic rings. The molecular weight excluding hydrogens is 176 g/mol. The molecule has 1 rings (SSSR count). The van der Waals surface area contributed by atoms with Crippen molar-refractivity contribution in [2.75, 3.05) is 5.88 Å². The van der Waals surface area contributed by atoms with Crippen molar-refractivity contribution in [1.82, 2.24) is 0 Å². The van der Waals surface area contributed by atoms with E-state index in [0.717, 1.165) is 12.3 Å². The molecule has 2 heteroatoms. The lowest BCUT2D eigenvalue weighted by molar-refractivity contribution is 0.520. The summed E-state index contributed by atoms with van der Waals surface area (Å²) in [6, 6.07) is 4.27. The molecule has 0 bridgehead atoms. The maximum Gasteiger partial charge on any atom is 0.0232 e. The summed E-state index contributed by atoms with van der Waals surface area (Å²) < 4.78 is 0. The molecule has 0 nitrogen and oxygen atoms in total. The highest BCUT2D eigenvalue weighted by Gasteiger charge is 2.20. The Labute approximate surface area is 77.2 Å². The van der Waals surface area contributed by atoms with Crippen molar-refractivity contribution in [3.05, 3.63) is 22.4 Å². The van der Waals surface area contributed by atoms with Crippen LogP contribution in [-0.4, -0.2) is 5.88 Å². The molecule has 0 unspecified atom stereocenters. The molecule has 1 aromatic rings. The van der Waals surface area contributed by atoms with Crippen molar-refractivity contribution >= 4 is 22.9 Å². The lowest BCUT2D eigenvalue weighted by atomic mass is 9.89. The molecule has 11 heavy (non-hydrogen) atoms. The fourth-order valence-electron chi connectivity index (χ4n) is 1.02. The Morgan fingerprint density at radius 3 is 2.73 bits per heavy atom. The van der Waals surface area contributed by atoms with Gasteiger partial charge in [-0.05, 0) is 17.9 Å². The molecule has 0 saturated carbocycles. The van der Waals surface area contributed by atoms with Crippen molar-refractivity contribution in [3.8, 4) is 0 Å². The summed E-state index contributed by atoms with van der Waals surface area (Å²) in [7, 11) is 0. The third-order valence-electron chi connectivity index (χ3n) is 1.91. The Kier molecular flexibility index (Phi) is 2.97. The molecule has 62 valence electrons. The number of rotatable bonds is 3. The van der Waals surface area contributed by atoms with Crippen molar-refractivity contribution in [3.63, 3.8) is 0 Å². The molecule has 0 N–H and O–H groups in total. The van der Waals surface area contributed by atoms with E-state index in [-0.39, 0.29) is 5.41 Å². The minimum absolute atomic E-state index is 0.260. The smallest absolute Gasteiger partial charge is 0.0232 e. The zero-order valence-electron chi connectivity index (χ0n) is 6.93. The van der Waals surface area contributed by atoms with Crippen LogP contribution in [0.1, 0.15) is 25.1 Å². The molecule has 0 aromatic carbocycles. The molecule has 1 aromatic heterocycles. The fraction of sp³-hybridized carbons (Fsp3) is 0.556. The number of hydrogen-bond acceptors (Lipinski definition) is 1. The van der Waals surface area contributed by atoms with E-state index in [4.69, 9.17) is 11.6 Å². The standard InChI is InChI=1S/C9H13ClS/c1-9(2,5-6-10)8-4-3-7-11-8/h3-4,7H,5-6H2,1-2H3. The average Bonchev–Trinajstić information content (AvgIpc) is 2.37. The zero-order valence-corrected chi connectivity index (χ0v) is 8.50. The van der Waals surface area contributed by atoms with E-state index in [0.29, 0.717) is 0 Å². The lowest BCUT2D eigenvalue weighted by Crippen LogP contribution is -2.15. The molecule has 0 spiro atoms. The van der Waals surface area contributed by atoms with Crippen molar-refractivity contribution in [2.24, 2.45) is 0 Å². The summed E-state index contributed by atoms with van der Waals surface area (Å²) in [6.45, 7) is 4.47. The van der Waals surface area contributed by atoms with Gasteiger partial charge in [0.1, 0.15) is 0 Å². The average molecular weight is 189 g/mol. The number of thiophene rings is 1. The van der Waals surface area contributed by atoms with Crippen LogP contribution in [0.15, 0.2) is 17.5 Å². The Balaban J connectivity index is 2.73. The van der Waals surface area contributed by atoms with Gasteiger partial charge < -0.3 is 0 Å². The molecule has 0 aliphatic carbocycles. The highest BCUT2D eigenvalue weighted by Crippen LogP contribution is 2.30. The Bertz CT molecular complexity index is 201. The third-order valence-corrected chi connectivity index (χ3v) is 3.33. The monoisotopic (exact) mass is 188 g/mol. The van der Waals surface area contributed by atoms with E-state index in [1.54, 1.807) is 0 Å². The zero-order chi connectivity index (χ0) is 8.32. The number of alkyl halides is 1. The summed E-state index contributed by atoms with van der Waals surface area (Å²) in [4.78, 5) is 1.43. The largest absolute Gasteiger partial charge is 0.148 e. The first-order valence-electron chi connectivity index (χ1n) is 3.77. The van der Waals surface area contributed by atoms with Gasteiger partial charge in [-0.3, -0.25) is 0 Å². The molecule has 0 amide bonds. The molecule has 0 aliphatic heterocycles. The minimum atomic E-state index is 0.260. The minimum Gasteiger partial charge on any atom is -0.148 e. The van der Waals surface area contributed by atoms with Crippen LogP contribution >= 0.6 is 22.9 Å². The molecule has 0 fully saturated rings. The number of halogens is 1. The van der Waals surface area contributed by atoms with Gasteiger partial charge in [0, 0.05) is 16.2 Å². The Morgan fingerprint density at radius 2 is 2.27 bits per heavy atom. The number of hydrogen-bond donors (Lipinski definition) is 0. The first-order chi connectivity index (χ1) is 5.17. The van der Waals surface area contributed by atoms with Crippen LogP contribution in [0.4, 0.5) is 0 Å². The lowest BCUT2D eigenvalue weighted by Gasteiger charge is -2.21. The quantitative estimate of drug-likeness (QED) is 0.636. The Morgan fingerprint density at radius 1 is 1.55 bits per heavy atom. The van der Waals surface area contributed by atoms with Crippen LogP contribution < -0.4 is 0 Å². The second-order valence-corrected chi connectivity index (χ2v) is 4.63. The second kappa shape index (κ2) is 3.59. The van der Waals surface area contributed by atoms with Gasteiger partial charge in [0.15, 0.2) is 0 Å². The van der Waals surface area contributed by atoms with Crippen LogP contribution in [0.2, 0.25) is 0 Å². The topological polar surface area (TPSA) is 0 Å². The first kappa shape index (κ1) is 9.08. The van der Waals surface area contributed by atoms with E-state index in [9.17, 15) is 0 Å². The van der Waals surface area contributed by atoms with Crippen LogP contribution in [0, 0.1) is 0 Å². The normalized spacial score (nSPS) is 11.9. The third kappa shape index (κ3) is 2.21. The second-order valence-electron chi connectivity index (χ2n) is 3.30. The summed E-state index contributed by atoms with van der Waals surface area (Å²) >= 11 is 7.52. The molecule has 0 atom stereocenters. The highest BCUT2D eigenvalue weighted by molar-refractivity contribution is 7.10. The van der Waals surface area contributed by atoms with Gasteiger partial charge >= 0.3 is 0 Å². The summed E-state index contributed by atoms with van der Waals surface area (Å²) in [6.07, 6.45) is 1.05. The van der Waals surface area contributed by atoms with Gasteiger partial charge in [-0.2, -0.15) is 0 Å². The van der Waals surface area contributed by atoms with Crippen molar-refractivity contribution < 1.29 is 0 Å². The van der Waals surface area contributed by atoms with Gasteiger partial charge in [0.25, 0.3) is 0 Å². The summed E-state index contributed by atoms with van der Waals surface area (Å²) in [5.41, 5.74) is 0.260. The SMILES string of the molecule is CC(C)(CCCl)c1cccs1. The Hall–Kier alpha value is -0.0100. The van der Waals surface area contributed by atoms with Gasteiger partial charge in [-0.25, -0.2) is 0 Å². The van der Waals surface area contributed by atoms with Crippen LogP contribution in [0.5, 0.6) is 0 Å². The first-order valence-corrected chi connectivity index (χ1v) is 5.18. The fourth-order valence-corrected chi connectivity index (χ4v) is 2.38. The van der Waals surface area contributed by atoms with Crippen molar-refractivity contribution in [2.45, 2.75) is 25.7 Å². The molecule has 1 heterocycles. The van der Waals surface area contributed by atoms with Gasteiger partial charge in [-0.15, -0.1) is 22.9 Å². The summed E-state index contributed by atoms with van der Waals surface area (Å²) in [5, 5.41) is 2.12. The van der Waals surface area contributed by atoms with E-state index in [1.807, 2.05) is 11.3 Å². The van der Waals surface area contributed by atoms with Gasteiger partial charge in [-0.1, -0.05) is 19.9 Å². The van der Waals surface area contributed by atoms with Crippen molar-refractivity contribution in [1.29, 1.82) is 0 Å². The van der Waals surface area contributed by atoms with E-state index in [1.165, 1.54) is 4.88 Å². The van der Waals surface area contributed by atoms with Gasteiger partial charge in [0.2, 0.25) is 0 Å². The maximum absolute atomic E-state index is 5.71. The highest BCUT2D eigenvalue weighted by atomic mass is 35.5. The van der Waals surface area contributed by atoms with E-state index in [2.05, 4.69) is 31.4 Å². The molecule has 0 radical (unpaired) electrons. The van der Waals surface area contributed by atoms with E-state index < -0.39 is 0 Å². The summed E-state index contributed by atoms with van der Waals surface area (Å²) in [5.74, 6) is 0.741.